The molecule has 3 rings (SSSR count). The first-order valence-electron chi connectivity index (χ1n) is 9.64. The number of aromatic nitrogens is 3. The van der Waals surface area contributed by atoms with Crippen LogP contribution in [-0.4, -0.2) is 51.2 Å². The molecule has 33 heavy (non-hydrogen) atoms. The Balaban J connectivity index is 1.61. The molecule has 9 nitrogen and oxygen atoms in total. The number of benzene rings is 2. The summed E-state index contributed by atoms with van der Waals surface area (Å²) in [5.41, 5.74) is 0.891. The van der Waals surface area contributed by atoms with Gasteiger partial charge in [-0.15, -0.1) is 10.2 Å². The number of aliphatic hydroxyl groups excluding tert-OH is 1. The van der Waals surface area contributed by atoms with Gasteiger partial charge in [-0.1, -0.05) is 35.0 Å². The number of hydrogen-bond acceptors (Lipinski definition) is 7. The van der Waals surface area contributed by atoms with Crippen LogP contribution >= 0.6 is 35.0 Å². The van der Waals surface area contributed by atoms with Gasteiger partial charge < -0.3 is 25.0 Å². The van der Waals surface area contributed by atoms with Gasteiger partial charge in [0.25, 0.3) is 5.91 Å². The first-order chi connectivity index (χ1) is 15.8. The van der Waals surface area contributed by atoms with Crippen LogP contribution in [0.3, 0.4) is 0 Å². The number of aliphatic hydroxyl groups is 1. The molecule has 2 aromatic carbocycles. The highest BCUT2D eigenvalue weighted by atomic mass is 35.5. The molecule has 0 aliphatic carbocycles. The van der Waals surface area contributed by atoms with Crippen molar-refractivity contribution in [2.75, 3.05) is 24.8 Å². The molecule has 1 heterocycles. The minimum Gasteiger partial charge on any atom is -0.497 e. The third-order valence-electron chi connectivity index (χ3n) is 4.50. The first kappa shape index (κ1) is 24.8. The van der Waals surface area contributed by atoms with Gasteiger partial charge in [0, 0.05) is 28.3 Å². The van der Waals surface area contributed by atoms with Gasteiger partial charge in [0.15, 0.2) is 11.0 Å². The summed E-state index contributed by atoms with van der Waals surface area (Å²) in [6.45, 7) is -0.380. The number of hydrogen-bond donors (Lipinski definition) is 3. The van der Waals surface area contributed by atoms with Gasteiger partial charge in [-0.05, 0) is 42.5 Å². The van der Waals surface area contributed by atoms with E-state index in [1.807, 2.05) is 0 Å². The van der Waals surface area contributed by atoms with E-state index in [1.54, 1.807) is 54.1 Å². The molecule has 0 saturated carbocycles. The van der Waals surface area contributed by atoms with Crippen molar-refractivity contribution < 1.29 is 19.4 Å². The summed E-state index contributed by atoms with van der Waals surface area (Å²) in [7, 11) is 3.23. The van der Waals surface area contributed by atoms with Gasteiger partial charge in [-0.2, -0.15) is 0 Å². The van der Waals surface area contributed by atoms with E-state index >= 15 is 0 Å². The maximum atomic E-state index is 12.5. The molecule has 0 radical (unpaired) electrons. The Morgan fingerprint density at radius 1 is 1.15 bits per heavy atom. The second kappa shape index (κ2) is 11.4. The molecule has 3 N–H and O–H groups in total. The fraction of sp³-hybridized carbons (Fsp3) is 0.238. The molecule has 12 heteroatoms. The summed E-state index contributed by atoms with van der Waals surface area (Å²) in [5, 5.41) is 24.7. The van der Waals surface area contributed by atoms with Crippen molar-refractivity contribution in [2.24, 2.45) is 7.05 Å². The average molecular weight is 510 g/mol. The lowest BCUT2D eigenvalue weighted by Crippen LogP contribution is -2.32. The van der Waals surface area contributed by atoms with Crippen LogP contribution in [0, 0.1) is 0 Å². The van der Waals surface area contributed by atoms with E-state index in [2.05, 4.69) is 20.8 Å². The lowest BCUT2D eigenvalue weighted by Gasteiger charge is -2.16. The Hall–Kier alpha value is -2.79. The highest BCUT2D eigenvalue weighted by molar-refractivity contribution is 7.99. The molecule has 0 unspecified atom stereocenters. The topological polar surface area (TPSA) is 118 Å². The molecule has 0 aliphatic rings. The summed E-state index contributed by atoms with van der Waals surface area (Å²) in [6, 6.07) is 10.5. The van der Waals surface area contributed by atoms with Crippen molar-refractivity contribution >= 4 is 52.5 Å². The zero-order valence-corrected chi connectivity index (χ0v) is 20.0. The maximum Gasteiger partial charge on any atom is 0.251 e. The highest BCUT2D eigenvalue weighted by Crippen LogP contribution is 2.24. The van der Waals surface area contributed by atoms with Crippen LogP contribution in [0.2, 0.25) is 10.0 Å². The highest BCUT2D eigenvalue weighted by Gasteiger charge is 2.22. The predicted octanol–water partition coefficient (Wildman–Crippen LogP) is 3.32. The van der Waals surface area contributed by atoms with E-state index in [0.29, 0.717) is 38.0 Å². The van der Waals surface area contributed by atoms with Gasteiger partial charge in [0.05, 0.1) is 19.5 Å². The lowest BCUT2D eigenvalue weighted by atomic mass is 10.2. The van der Waals surface area contributed by atoms with Crippen molar-refractivity contribution in [1.29, 1.82) is 0 Å². The monoisotopic (exact) mass is 509 g/mol. The Labute approximate surface area is 204 Å². The minimum atomic E-state index is -0.783. The van der Waals surface area contributed by atoms with E-state index in [-0.39, 0.29) is 24.2 Å². The first-order valence-corrected chi connectivity index (χ1v) is 11.4. The van der Waals surface area contributed by atoms with Crippen molar-refractivity contribution in [1.82, 2.24) is 20.1 Å². The Morgan fingerprint density at radius 3 is 2.42 bits per heavy atom. The molecule has 0 spiro atoms. The Kier molecular flexibility index (Phi) is 8.56. The second-order valence-electron chi connectivity index (χ2n) is 6.83. The summed E-state index contributed by atoms with van der Waals surface area (Å²) in [6.07, 6.45) is 0. The number of carbonyl (C=O) groups is 2. The van der Waals surface area contributed by atoms with Gasteiger partial charge >= 0.3 is 0 Å². The number of halogens is 2. The average Bonchev–Trinajstić information content (AvgIpc) is 3.15. The number of anilines is 1. The minimum absolute atomic E-state index is 0.0537. The Bertz CT molecular complexity index is 1120. The van der Waals surface area contributed by atoms with Crippen LogP contribution in [0.4, 0.5) is 5.69 Å². The number of rotatable bonds is 9. The molecule has 0 fully saturated rings. The van der Waals surface area contributed by atoms with Crippen LogP contribution in [0.5, 0.6) is 5.75 Å². The molecular formula is C21H21Cl2N5O4S. The number of carbonyl (C=O) groups excluding carboxylic acids is 2. The number of nitrogens with one attached hydrogen (secondary N) is 2. The van der Waals surface area contributed by atoms with Crippen molar-refractivity contribution in [3.63, 3.8) is 0 Å². The number of nitrogens with zero attached hydrogens (tertiary/aromatic N) is 3. The largest absolute Gasteiger partial charge is 0.497 e. The van der Waals surface area contributed by atoms with Crippen molar-refractivity contribution in [2.45, 2.75) is 11.2 Å². The summed E-state index contributed by atoms with van der Waals surface area (Å²) in [5.74, 6) is 0.368. The molecular weight excluding hydrogens is 489 g/mol. The van der Waals surface area contributed by atoms with E-state index < -0.39 is 6.04 Å². The van der Waals surface area contributed by atoms with Gasteiger partial charge in [-0.3, -0.25) is 9.59 Å². The fourth-order valence-corrected chi connectivity index (χ4v) is 4.13. The smallest absolute Gasteiger partial charge is 0.251 e. The molecule has 174 valence electrons. The summed E-state index contributed by atoms with van der Waals surface area (Å²) in [4.78, 5) is 24.8. The number of amides is 2. The third-order valence-corrected chi connectivity index (χ3v) is 5.96. The van der Waals surface area contributed by atoms with Crippen molar-refractivity contribution in [3.8, 4) is 5.75 Å². The van der Waals surface area contributed by atoms with Crippen LogP contribution < -0.4 is 15.4 Å². The standard InChI is InChI=1S/C21H21Cl2N5O4S/c1-28-19(17(10-29)25-20(31)12-3-5-16(32-2)6-4-12)26-27-21(28)33-11-18(30)24-15-8-13(22)7-14(23)9-15/h3-9,17,29H,10-11H2,1-2H3,(H,24,30)(H,25,31)/t17-/m1/s1. The zero-order chi connectivity index (χ0) is 24.0. The van der Waals surface area contributed by atoms with Crippen LogP contribution in [-0.2, 0) is 11.8 Å². The van der Waals surface area contributed by atoms with Crippen molar-refractivity contribution in [3.05, 3.63) is 63.9 Å². The summed E-state index contributed by atoms with van der Waals surface area (Å²) >= 11 is 13.0. The summed E-state index contributed by atoms with van der Waals surface area (Å²) < 4.78 is 6.70. The molecule has 3 aromatic rings. The number of ether oxygens (including phenoxy) is 1. The van der Waals surface area contributed by atoms with E-state index in [9.17, 15) is 14.7 Å². The van der Waals surface area contributed by atoms with Crippen LogP contribution in [0.15, 0.2) is 47.6 Å². The molecule has 1 aromatic heterocycles. The second-order valence-corrected chi connectivity index (χ2v) is 8.65. The fourth-order valence-electron chi connectivity index (χ4n) is 2.88. The quantitative estimate of drug-likeness (QED) is 0.378. The predicted molar refractivity (Wildman–Crippen MR) is 127 cm³/mol. The SMILES string of the molecule is COc1ccc(C(=O)N[C@H](CO)c2nnc(SCC(=O)Nc3cc(Cl)cc(Cl)c3)n2C)cc1. The van der Waals surface area contributed by atoms with Gasteiger partial charge in [0.1, 0.15) is 11.8 Å². The third kappa shape index (κ3) is 6.61. The van der Waals surface area contributed by atoms with Crippen LogP contribution in [0.1, 0.15) is 22.2 Å². The number of methoxy groups -OCH3 is 1. The number of thioether (sulfide) groups is 1. The van der Waals surface area contributed by atoms with E-state index in [0.717, 1.165) is 11.8 Å². The van der Waals surface area contributed by atoms with E-state index in [1.165, 1.54) is 7.11 Å². The van der Waals surface area contributed by atoms with E-state index in [4.69, 9.17) is 27.9 Å². The zero-order valence-electron chi connectivity index (χ0n) is 17.7. The lowest BCUT2D eigenvalue weighted by molar-refractivity contribution is -0.113. The Morgan fingerprint density at radius 2 is 1.82 bits per heavy atom. The molecule has 0 bridgehead atoms. The van der Waals surface area contributed by atoms with Gasteiger partial charge in [0.2, 0.25) is 5.91 Å². The van der Waals surface area contributed by atoms with Gasteiger partial charge in [-0.25, -0.2) is 0 Å². The maximum absolute atomic E-state index is 12.5. The molecule has 1 atom stereocenters. The molecule has 0 saturated heterocycles. The molecule has 2 amide bonds. The van der Waals surface area contributed by atoms with Crippen LogP contribution in [0.25, 0.3) is 0 Å². The molecule has 0 aliphatic heterocycles. The normalized spacial score (nSPS) is 11.7.